The molecule has 0 atom stereocenters. The van der Waals surface area contributed by atoms with E-state index < -0.39 is 0 Å². The minimum absolute atomic E-state index is 0.169. The van der Waals surface area contributed by atoms with Gasteiger partial charge in [-0.25, -0.2) is 4.79 Å². The number of hydrogen-bond donors (Lipinski definition) is 2. The van der Waals surface area contributed by atoms with Crippen LogP contribution in [0.5, 0.6) is 5.75 Å². The fourth-order valence-corrected chi connectivity index (χ4v) is 2.74. The van der Waals surface area contributed by atoms with E-state index in [0.29, 0.717) is 24.2 Å². The van der Waals surface area contributed by atoms with Crippen molar-refractivity contribution >= 4 is 6.03 Å². The lowest BCUT2D eigenvalue weighted by molar-refractivity contribution is 0.238. The summed E-state index contributed by atoms with van der Waals surface area (Å²) in [6, 6.07) is 7.07. The molecule has 0 aliphatic heterocycles. The van der Waals surface area contributed by atoms with Crippen molar-refractivity contribution in [1.29, 1.82) is 0 Å². The summed E-state index contributed by atoms with van der Waals surface area (Å²) in [5, 5.41) is 17.6. The highest BCUT2D eigenvalue weighted by atomic mass is 16.3. The van der Waals surface area contributed by atoms with E-state index in [1.54, 1.807) is 6.07 Å². The van der Waals surface area contributed by atoms with Crippen LogP contribution in [0.25, 0.3) is 11.3 Å². The molecular formula is C20H30N4O2. The molecule has 0 unspecified atom stereocenters. The number of nitrogens with zero attached hydrogens (tertiary/aromatic N) is 3. The van der Waals surface area contributed by atoms with Gasteiger partial charge in [0.2, 0.25) is 0 Å². The lowest BCUT2D eigenvalue weighted by Crippen LogP contribution is -2.32. The molecule has 0 saturated heterocycles. The van der Waals surface area contributed by atoms with Gasteiger partial charge in [0.25, 0.3) is 0 Å². The van der Waals surface area contributed by atoms with E-state index in [2.05, 4.69) is 22.2 Å². The number of aryl methyl sites for hydroxylation is 1. The van der Waals surface area contributed by atoms with Gasteiger partial charge in [-0.3, -0.25) is 0 Å². The molecule has 6 nitrogen and oxygen atoms in total. The number of unbranched alkanes of at least 4 members (excludes halogenated alkanes) is 2. The highest BCUT2D eigenvalue weighted by molar-refractivity contribution is 5.78. The second-order valence-electron chi connectivity index (χ2n) is 6.95. The Labute approximate surface area is 155 Å². The molecular weight excluding hydrogens is 328 g/mol. The lowest BCUT2D eigenvalue weighted by Gasteiger charge is -2.11. The van der Waals surface area contributed by atoms with E-state index in [1.165, 1.54) is 4.68 Å². The molecule has 1 aromatic heterocycles. The Morgan fingerprint density at radius 2 is 2.04 bits per heavy atom. The summed E-state index contributed by atoms with van der Waals surface area (Å²) >= 11 is 0. The monoisotopic (exact) mass is 358 g/mol. The van der Waals surface area contributed by atoms with Crippen LogP contribution in [-0.2, 0) is 6.42 Å². The number of phenols is 1. The third kappa shape index (κ3) is 5.33. The Bertz CT molecular complexity index is 737. The first-order valence-electron chi connectivity index (χ1n) is 9.24. The van der Waals surface area contributed by atoms with Crippen molar-refractivity contribution in [3.05, 3.63) is 35.5 Å². The van der Waals surface area contributed by atoms with Crippen LogP contribution in [0, 0.1) is 6.92 Å². The molecule has 0 aliphatic rings. The van der Waals surface area contributed by atoms with Gasteiger partial charge in [0.05, 0.1) is 11.4 Å². The number of benzene rings is 1. The molecule has 142 valence electrons. The van der Waals surface area contributed by atoms with Gasteiger partial charge in [0, 0.05) is 25.1 Å². The topological polar surface area (TPSA) is 70.4 Å². The summed E-state index contributed by atoms with van der Waals surface area (Å²) < 4.78 is 1.44. The minimum atomic E-state index is -0.215. The average molecular weight is 358 g/mol. The van der Waals surface area contributed by atoms with Gasteiger partial charge in [-0.15, -0.1) is 0 Å². The van der Waals surface area contributed by atoms with Gasteiger partial charge >= 0.3 is 6.03 Å². The van der Waals surface area contributed by atoms with Crippen molar-refractivity contribution in [2.75, 3.05) is 27.2 Å². The van der Waals surface area contributed by atoms with E-state index in [-0.39, 0.29) is 11.8 Å². The fraction of sp³-hybridized carbons (Fsp3) is 0.500. The number of amides is 1. The Morgan fingerprint density at radius 3 is 2.73 bits per heavy atom. The first-order valence-corrected chi connectivity index (χ1v) is 9.24. The highest BCUT2D eigenvalue weighted by Gasteiger charge is 2.17. The largest absolute Gasteiger partial charge is 0.507 e. The van der Waals surface area contributed by atoms with E-state index in [4.69, 9.17) is 0 Å². The van der Waals surface area contributed by atoms with Crippen LogP contribution in [-0.4, -0.2) is 53.0 Å². The van der Waals surface area contributed by atoms with Crippen LogP contribution in [0.3, 0.4) is 0 Å². The first-order chi connectivity index (χ1) is 12.4. The van der Waals surface area contributed by atoms with Crippen molar-refractivity contribution in [3.63, 3.8) is 0 Å². The molecule has 0 saturated carbocycles. The number of nitrogens with one attached hydrogen (secondary N) is 1. The van der Waals surface area contributed by atoms with Crippen molar-refractivity contribution < 1.29 is 9.90 Å². The molecule has 2 N–H and O–H groups in total. The van der Waals surface area contributed by atoms with Gasteiger partial charge < -0.3 is 15.3 Å². The molecule has 0 spiro atoms. The zero-order valence-electron chi connectivity index (χ0n) is 16.2. The van der Waals surface area contributed by atoms with Crippen molar-refractivity contribution in [3.8, 4) is 17.0 Å². The SMILES string of the molecule is CCCCCNC(=O)n1nc(-c2cc(C)ccc2O)cc1CCN(C)C. The third-order valence-corrected chi connectivity index (χ3v) is 4.28. The molecule has 0 fully saturated rings. The third-order valence-electron chi connectivity index (χ3n) is 4.28. The van der Waals surface area contributed by atoms with Crippen LogP contribution in [0.2, 0.25) is 0 Å². The normalized spacial score (nSPS) is 11.1. The number of likely N-dealkylation sites (N-methyl/N-ethyl adjacent to an activating group) is 1. The zero-order chi connectivity index (χ0) is 19.1. The maximum Gasteiger partial charge on any atom is 0.342 e. The Hall–Kier alpha value is -2.34. The van der Waals surface area contributed by atoms with E-state index >= 15 is 0 Å². The zero-order valence-corrected chi connectivity index (χ0v) is 16.2. The predicted octanol–water partition coefficient (Wildman–Crippen LogP) is 3.42. The summed E-state index contributed by atoms with van der Waals surface area (Å²) in [4.78, 5) is 14.7. The average Bonchev–Trinajstić information content (AvgIpc) is 3.03. The highest BCUT2D eigenvalue weighted by Crippen LogP contribution is 2.29. The molecule has 0 bridgehead atoms. The molecule has 26 heavy (non-hydrogen) atoms. The summed E-state index contributed by atoms with van der Waals surface area (Å²) in [6.07, 6.45) is 3.87. The molecule has 6 heteroatoms. The Kier molecular flexibility index (Phi) is 7.21. The molecule has 2 aromatic rings. The Morgan fingerprint density at radius 1 is 1.27 bits per heavy atom. The second kappa shape index (κ2) is 9.38. The number of rotatable bonds is 8. The molecule has 0 radical (unpaired) electrons. The van der Waals surface area contributed by atoms with Gasteiger partial charge in [-0.05, 0) is 45.6 Å². The molecule has 1 heterocycles. The summed E-state index contributed by atoms with van der Waals surface area (Å²) in [7, 11) is 4.00. The van der Waals surface area contributed by atoms with E-state index in [1.807, 2.05) is 39.2 Å². The minimum Gasteiger partial charge on any atom is -0.507 e. The fourth-order valence-electron chi connectivity index (χ4n) is 2.74. The predicted molar refractivity (Wildman–Crippen MR) is 105 cm³/mol. The number of carbonyl (C=O) groups excluding carboxylic acids is 1. The maximum atomic E-state index is 12.6. The van der Waals surface area contributed by atoms with Gasteiger partial charge in [-0.2, -0.15) is 9.78 Å². The summed E-state index contributed by atoms with van der Waals surface area (Å²) in [5.74, 6) is 0.169. The number of aromatic nitrogens is 2. The van der Waals surface area contributed by atoms with Crippen LogP contribution in [0.15, 0.2) is 24.3 Å². The number of aromatic hydroxyl groups is 1. The van der Waals surface area contributed by atoms with Crippen molar-refractivity contribution in [1.82, 2.24) is 20.0 Å². The molecule has 1 amide bonds. The van der Waals surface area contributed by atoms with Crippen LogP contribution in [0.4, 0.5) is 4.79 Å². The standard InChI is InChI=1S/C20H30N4O2/c1-5-6-7-11-21-20(26)24-16(10-12-23(3)4)14-18(22-24)17-13-15(2)8-9-19(17)25/h8-9,13-14,25H,5-7,10-12H2,1-4H3,(H,21,26). The van der Waals surface area contributed by atoms with Gasteiger partial charge in [-0.1, -0.05) is 31.4 Å². The second-order valence-corrected chi connectivity index (χ2v) is 6.95. The van der Waals surface area contributed by atoms with Crippen LogP contribution < -0.4 is 5.32 Å². The summed E-state index contributed by atoms with van der Waals surface area (Å²) in [5.41, 5.74) is 3.13. The summed E-state index contributed by atoms with van der Waals surface area (Å²) in [6.45, 7) is 5.56. The van der Waals surface area contributed by atoms with Crippen molar-refractivity contribution in [2.45, 2.75) is 39.5 Å². The number of carbonyl (C=O) groups is 1. The van der Waals surface area contributed by atoms with Gasteiger partial charge in [0.15, 0.2) is 0 Å². The van der Waals surface area contributed by atoms with Crippen LogP contribution >= 0.6 is 0 Å². The smallest absolute Gasteiger partial charge is 0.342 e. The van der Waals surface area contributed by atoms with E-state index in [9.17, 15) is 9.90 Å². The maximum absolute atomic E-state index is 12.6. The lowest BCUT2D eigenvalue weighted by atomic mass is 10.1. The quantitative estimate of drug-likeness (QED) is 0.710. The number of hydrogen-bond acceptors (Lipinski definition) is 4. The van der Waals surface area contributed by atoms with Crippen LogP contribution in [0.1, 0.15) is 37.4 Å². The molecule has 2 rings (SSSR count). The first kappa shape index (κ1) is 20.0. The van der Waals surface area contributed by atoms with Gasteiger partial charge in [0.1, 0.15) is 5.75 Å². The number of phenolic OH excluding ortho intramolecular Hbond substituents is 1. The molecule has 1 aromatic carbocycles. The van der Waals surface area contributed by atoms with E-state index in [0.717, 1.165) is 37.1 Å². The molecule has 0 aliphatic carbocycles. The Balaban J connectivity index is 2.28. The van der Waals surface area contributed by atoms with Crippen molar-refractivity contribution in [2.24, 2.45) is 0 Å².